The highest BCUT2D eigenvalue weighted by Gasteiger charge is 2.02. The second kappa shape index (κ2) is 4.07. The monoisotopic (exact) mass is 186 g/mol. The summed E-state index contributed by atoms with van der Waals surface area (Å²) in [6.45, 7) is 0. The molecule has 2 nitrogen and oxygen atoms in total. The minimum absolute atomic E-state index is 0.300. The molecule has 0 atom stereocenters. The van der Waals surface area contributed by atoms with E-state index in [1.807, 2.05) is 0 Å². The summed E-state index contributed by atoms with van der Waals surface area (Å²) < 4.78 is 13.0. The lowest BCUT2D eigenvalue weighted by molar-refractivity contribution is 0.626. The van der Waals surface area contributed by atoms with Crippen molar-refractivity contribution in [2.24, 2.45) is 5.10 Å². The Kier molecular flexibility index (Phi) is 3.05. The van der Waals surface area contributed by atoms with Gasteiger partial charge in [0.05, 0.1) is 11.2 Å². The Morgan fingerprint density at radius 1 is 1.58 bits per heavy atom. The fourth-order valence-electron chi connectivity index (χ4n) is 0.763. The van der Waals surface area contributed by atoms with Crippen LogP contribution in [0.15, 0.2) is 23.3 Å². The van der Waals surface area contributed by atoms with Crippen molar-refractivity contribution in [3.8, 4) is 0 Å². The zero-order valence-corrected chi connectivity index (χ0v) is 7.27. The second-order valence-electron chi connectivity index (χ2n) is 2.12. The number of nitrogens with one attached hydrogen (secondary N) is 1. The molecule has 0 saturated carbocycles. The van der Waals surface area contributed by atoms with Crippen molar-refractivity contribution in [1.29, 1.82) is 0 Å². The SMILES string of the molecule is CN/N=C/c1c(F)cccc1Cl. The Hall–Kier alpha value is -1.09. The molecule has 0 fully saturated rings. The summed E-state index contributed by atoms with van der Waals surface area (Å²) in [5.74, 6) is -0.374. The van der Waals surface area contributed by atoms with Crippen LogP contribution in [0.25, 0.3) is 0 Å². The van der Waals surface area contributed by atoms with Gasteiger partial charge in [0.25, 0.3) is 0 Å². The molecule has 1 aromatic carbocycles. The maximum absolute atomic E-state index is 13.0. The average Bonchev–Trinajstić information content (AvgIpc) is 2.04. The van der Waals surface area contributed by atoms with E-state index in [0.717, 1.165) is 0 Å². The Labute approximate surface area is 75.0 Å². The first-order chi connectivity index (χ1) is 5.75. The molecular formula is C8H8ClFN2. The number of benzene rings is 1. The van der Waals surface area contributed by atoms with E-state index in [2.05, 4.69) is 10.5 Å². The topological polar surface area (TPSA) is 24.4 Å². The van der Waals surface area contributed by atoms with Crippen LogP contribution in [0.5, 0.6) is 0 Å². The van der Waals surface area contributed by atoms with Gasteiger partial charge in [0.2, 0.25) is 0 Å². The van der Waals surface area contributed by atoms with E-state index >= 15 is 0 Å². The predicted octanol–water partition coefficient (Wildman–Crippen LogP) is 2.03. The zero-order valence-electron chi connectivity index (χ0n) is 6.51. The average molecular weight is 187 g/mol. The molecular weight excluding hydrogens is 179 g/mol. The third-order valence-corrected chi connectivity index (χ3v) is 1.65. The first kappa shape index (κ1) is 9.00. The van der Waals surface area contributed by atoms with Crippen molar-refractivity contribution in [2.45, 2.75) is 0 Å². The Balaban J connectivity index is 3.04. The summed E-state index contributed by atoms with van der Waals surface area (Å²) in [7, 11) is 1.63. The van der Waals surface area contributed by atoms with Crippen LogP contribution in [0, 0.1) is 5.82 Å². The molecule has 0 amide bonds. The molecule has 0 aromatic heterocycles. The number of nitrogens with zero attached hydrogens (tertiary/aromatic N) is 1. The van der Waals surface area contributed by atoms with Crippen LogP contribution in [0.1, 0.15) is 5.56 Å². The fourth-order valence-corrected chi connectivity index (χ4v) is 0.975. The highest BCUT2D eigenvalue weighted by atomic mass is 35.5. The van der Waals surface area contributed by atoms with Gasteiger partial charge in [0.1, 0.15) is 5.82 Å². The second-order valence-corrected chi connectivity index (χ2v) is 2.52. The Morgan fingerprint density at radius 3 is 2.92 bits per heavy atom. The molecule has 1 N–H and O–H groups in total. The highest BCUT2D eigenvalue weighted by molar-refractivity contribution is 6.33. The van der Waals surface area contributed by atoms with Crippen molar-refractivity contribution in [2.75, 3.05) is 7.05 Å². The lowest BCUT2D eigenvalue weighted by atomic mass is 10.2. The molecule has 64 valence electrons. The number of rotatable bonds is 2. The Morgan fingerprint density at radius 2 is 2.33 bits per heavy atom. The van der Waals surface area contributed by atoms with Gasteiger partial charge >= 0.3 is 0 Å². The van der Waals surface area contributed by atoms with Crippen molar-refractivity contribution in [3.63, 3.8) is 0 Å². The van der Waals surface area contributed by atoms with Crippen LogP contribution >= 0.6 is 11.6 Å². The van der Waals surface area contributed by atoms with Gasteiger partial charge in [0, 0.05) is 12.6 Å². The number of hydrogen-bond donors (Lipinski definition) is 1. The molecule has 1 rings (SSSR count). The molecule has 0 saturated heterocycles. The quantitative estimate of drug-likeness (QED) is 0.555. The van der Waals surface area contributed by atoms with Gasteiger partial charge in [-0.05, 0) is 12.1 Å². The van der Waals surface area contributed by atoms with Crippen LogP contribution in [-0.4, -0.2) is 13.3 Å². The van der Waals surface area contributed by atoms with E-state index in [1.54, 1.807) is 19.2 Å². The number of hydrogen-bond acceptors (Lipinski definition) is 2. The van der Waals surface area contributed by atoms with Gasteiger partial charge in [-0.3, -0.25) is 0 Å². The first-order valence-corrected chi connectivity index (χ1v) is 3.77. The molecule has 0 radical (unpaired) electrons. The van der Waals surface area contributed by atoms with E-state index in [0.29, 0.717) is 10.6 Å². The van der Waals surface area contributed by atoms with E-state index in [-0.39, 0.29) is 5.82 Å². The molecule has 12 heavy (non-hydrogen) atoms. The van der Waals surface area contributed by atoms with Crippen molar-refractivity contribution >= 4 is 17.8 Å². The van der Waals surface area contributed by atoms with Gasteiger partial charge < -0.3 is 5.43 Å². The number of halogens is 2. The minimum Gasteiger partial charge on any atom is -0.313 e. The third kappa shape index (κ3) is 1.95. The minimum atomic E-state index is -0.374. The largest absolute Gasteiger partial charge is 0.313 e. The summed E-state index contributed by atoms with van der Waals surface area (Å²) in [4.78, 5) is 0. The summed E-state index contributed by atoms with van der Waals surface area (Å²) in [6, 6.07) is 4.50. The fraction of sp³-hybridized carbons (Fsp3) is 0.125. The van der Waals surface area contributed by atoms with Crippen LogP contribution in [0.2, 0.25) is 5.02 Å². The third-order valence-electron chi connectivity index (χ3n) is 1.32. The zero-order chi connectivity index (χ0) is 8.97. The summed E-state index contributed by atoms with van der Waals surface area (Å²) in [6.07, 6.45) is 1.34. The van der Waals surface area contributed by atoms with Gasteiger partial charge in [-0.1, -0.05) is 17.7 Å². The van der Waals surface area contributed by atoms with Gasteiger partial charge in [0.15, 0.2) is 0 Å². The molecule has 0 spiro atoms. The van der Waals surface area contributed by atoms with Crippen molar-refractivity contribution in [1.82, 2.24) is 5.43 Å². The Bertz CT molecular complexity index is 279. The summed E-state index contributed by atoms with van der Waals surface area (Å²) >= 11 is 5.71. The predicted molar refractivity (Wildman–Crippen MR) is 48.1 cm³/mol. The van der Waals surface area contributed by atoms with Crippen LogP contribution < -0.4 is 5.43 Å². The van der Waals surface area contributed by atoms with Crippen LogP contribution in [0.3, 0.4) is 0 Å². The van der Waals surface area contributed by atoms with Gasteiger partial charge in [-0.2, -0.15) is 5.10 Å². The molecule has 4 heteroatoms. The van der Waals surface area contributed by atoms with Gasteiger partial charge in [-0.15, -0.1) is 0 Å². The van der Waals surface area contributed by atoms with Crippen molar-refractivity contribution < 1.29 is 4.39 Å². The van der Waals surface area contributed by atoms with Crippen LogP contribution in [0.4, 0.5) is 4.39 Å². The highest BCUT2D eigenvalue weighted by Crippen LogP contribution is 2.16. The molecule has 0 heterocycles. The van der Waals surface area contributed by atoms with Crippen molar-refractivity contribution in [3.05, 3.63) is 34.6 Å². The molecule has 0 aliphatic heterocycles. The maximum atomic E-state index is 13.0. The lowest BCUT2D eigenvalue weighted by Gasteiger charge is -1.97. The molecule has 0 unspecified atom stereocenters. The standard InChI is InChI=1S/C8H8ClFN2/c1-11-12-5-6-7(9)3-2-4-8(6)10/h2-5,11H,1H3/b12-5+. The van der Waals surface area contributed by atoms with E-state index in [9.17, 15) is 4.39 Å². The lowest BCUT2D eigenvalue weighted by Crippen LogP contribution is -1.97. The van der Waals surface area contributed by atoms with Crippen LogP contribution in [-0.2, 0) is 0 Å². The summed E-state index contributed by atoms with van der Waals surface area (Å²) in [5.41, 5.74) is 2.81. The van der Waals surface area contributed by atoms with Gasteiger partial charge in [-0.25, -0.2) is 4.39 Å². The number of hydrazone groups is 1. The molecule has 0 aliphatic rings. The smallest absolute Gasteiger partial charge is 0.133 e. The summed E-state index contributed by atoms with van der Waals surface area (Å²) in [5, 5.41) is 4.02. The maximum Gasteiger partial charge on any atom is 0.133 e. The van der Waals surface area contributed by atoms with E-state index in [1.165, 1.54) is 12.3 Å². The normalized spacial score (nSPS) is 10.6. The molecule has 0 bridgehead atoms. The van der Waals surface area contributed by atoms with E-state index < -0.39 is 0 Å². The first-order valence-electron chi connectivity index (χ1n) is 3.39. The molecule has 0 aliphatic carbocycles. The van der Waals surface area contributed by atoms with E-state index in [4.69, 9.17) is 11.6 Å². The molecule has 1 aromatic rings.